The molecule has 0 bridgehead atoms. The quantitative estimate of drug-likeness (QED) is 0.762. The van der Waals surface area contributed by atoms with Gasteiger partial charge >= 0.3 is 5.97 Å². The molecule has 2 N–H and O–H groups in total. The van der Waals surface area contributed by atoms with E-state index in [0.29, 0.717) is 6.61 Å². The van der Waals surface area contributed by atoms with Gasteiger partial charge in [-0.3, -0.25) is 5.10 Å². The van der Waals surface area contributed by atoms with Crippen LogP contribution in [0.15, 0.2) is 36.4 Å². The van der Waals surface area contributed by atoms with Crippen molar-refractivity contribution in [3.8, 4) is 11.1 Å². The van der Waals surface area contributed by atoms with Crippen molar-refractivity contribution in [3.63, 3.8) is 0 Å². The molecular weight excluding hydrogens is 292 g/mol. The highest BCUT2D eigenvalue weighted by Gasteiger charge is 2.27. The number of hydrogen-bond donors (Lipinski definition) is 2. The molecule has 5 heteroatoms. The van der Waals surface area contributed by atoms with E-state index in [0.717, 1.165) is 45.3 Å². The van der Waals surface area contributed by atoms with Gasteiger partial charge in [0.2, 0.25) is 0 Å². The van der Waals surface area contributed by atoms with Crippen LogP contribution in [-0.4, -0.2) is 27.9 Å². The van der Waals surface area contributed by atoms with Crippen LogP contribution in [0.1, 0.15) is 22.9 Å². The molecule has 0 amide bonds. The van der Waals surface area contributed by atoms with E-state index < -0.39 is 12.1 Å². The number of aromatic nitrogens is 2. The van der Waals surface area contributed by atoms with Gasteiger partial charge < -0.3 is 9.84 Å². The van der Waals surface area contributed by atoms with E-state index in [1.807, 2.05) is 31.2 Å². The Morgan fingerprint density at radius 1 is 1.26 bits per heavy atom. The Morgan fingerprint density at radius 3 is 2.87 bits per heavy atom. The summed E-state index contributed by atoms with van der Waals surface area (Å²) in [6, 6.07) is 12.1. The first-order valence-electron chi connectivity index (χ1n) is 7.56. The minimum absolute atomic E-state index is 0.438. The maximum absolute atomic E-state index is 11.3. The molecule has 0 fully saturated rings. The molecule has 3 aromatic rings. The van der Waals surface area contributed by atoms with Gasteiger partial charge in [0.25, 0.3) is 0 Å². The van der Waals surface area contributed by atoms with Gasteiger partial charge in [0, 0.05) is 11.1 Å². The molecule has 5 nitrogen and oxygen atoms in total. The van der Waals surface area contributed by atoms with Crippen molar-refractivity contribution in [2.24, 2.45) is 0 Å². The lowest BCUT2D eigenvalue weighted by Gasteiger charge is -2.23. The van der Waals surface area contributed by atoms with E-state index in [-0.39, 0.29) is 0 Å². The number of nitrogens with one attached hydrogen (secondary N) is 1. The van der Waals surface area contributed by atoms with Crippen molar-refractivity contribution >= 4 is 16.9 Å². The van der Waals surface area contributed by atoms with Crippen LogP contribution in [0, 0.1) is 6.92 Å². The number of aromatic amines is 1. The lowest BCUT2D eigenvalue weighted by molar-refractivity contribution is -0.151. The first-order valence-corrected chi connectivity index (χ1v) is 7.56. The van der Waals surface area contributed by atoms with Crippen LogP contribution >= 0.6 is 0 Å². The Kier molecular flexibility index (Phi) is 3.16. The zero-order chi connectivity index (χ0) is 16.0. The van der Waals surface area contributed by atoms with Gasteiger partial charge in [0.1, 0.15) is 0 Å². The van der Waals surface area contributed by atoms with Crippen LogP contribution in [0.5, 0.6) is 0 Å². The minimum atomic E-state index is -0.936. The number of aryl methyl sites for hydroxylation is 1. The molecule has 1 unspecified atom stereocenters. The molecule has 0 saturated carbocycles. The number of carboxylic acids is 1. The van der Waals surface area contributed by atoms with E-state index in [2.05, 4.69) is 22.3 Å². The van der Waals surface area contributed by atoms with Crippen molar-refractivity contribution in [3.05, 3.63) is 53.2 Å². The predicted molar refractivity (Wildman–Crippen MR) is 86.3 cm³/mol. The Labute approximate surface area is 132 Å². The summed E-state index contributed by atoms with van der Waals surface area (Å²) in [5, 5.41) is 17.6. The van der Waals surface area contributed by atoms with E-state index in [9.17, 15) is 9.90 Å². The molecule has 1 aliphatic rings. The third-order valence-electron chi connectivity index (χ3n) is 4.38. The average Bonchev–Trinajstić information content (AvgIpc) is 2.94. The van der Waals surface area contributed by atoms with Crippen LogP contribution < -0.4 is 0 Å². The number of hydrogen-bond acceptors (Lipinski definition) is 3. The molecule has 1 aliphatic heterocycles. The van der Waals surface area contributed by atoms with Crippen LogP contribution in [0.4, 0.5) is 0 Å². The van der Waals surface area contributed by atoms with Gasteiger partial charge in [-0.1, -0.05) is 24.3 Å². The predicted octanol–water partition coefficient (Wildman–Crippen LogP) is 3.24. The minimum Gasteiger partial charge on any atom is -0.479 e. The fraction of sp³-hybridized carbons (Fsp3) is 0.222. The van der Waals surface area contributed by atoms with Gasteiger partial charge in [0.15, 0.2) is 6.10 Å². The fourth-order valence-electron chi connectivity index (χ4n) is 3.16. The summed E-state index contributed by atoms with van der Waals surface area (Å²) in [5.41, 5.74) is 5.97. The number of carboxylic acid groups (broad SMARTS) is 1. The van der Waals surface area contributed by atoms with E-state index >= 15 is 0 Å². The molecule has 0 saturated heterocycles. The number of nitrogens with zero attached hydrogens (tertiary/aromatic N) is 1. The molecule has 0 radical (unpaired) electrons. The molecule has 1 atom stereocenters. The van der Waals surface area contributed by atoms with Crippen molar-refractivity contribution in [2.45, 2.75) is 19.4 Å². The molecule has 2 aromatic carbocycles. The van der Waals surface area contributed by atoms with Gasteiger partial charge in [-0.15, -0.1) is 0 Å². The maximum Gasteiger partial charge on any atom is 0.337 e. The molecule has 4 rings (SSSR count). The van der Waals surface area contributed by atoms with Crippen LogP contribution in [0.3, 0.4) is 0 Å². The van der Waals surface area contributed by atoms with Gasteiger partial charge in [-0.2, -0.15) is 5.10 Å². The summed E-state index contributed by atoms with van der Waals surface area (Å²) in [7, 11) is 0. The van der Waals surface area contributed by atoms with Crippen molar-refractivity contribution in [2.75, 3.05) is 6.61 Å². The third-order valence-corrected chi connectivity index (χ3v) is 4.38. The highest BCUT2D eigenvalue weighted by atomic mass is 16.5. The highest BCUT2D eigenvalue weighted by Crippen LogP contribution is 2.32. The van der Waals surface area contributed by atoms with E-state index in [4.69, 9.17) is 4.74 Å². The first-order chi connectivity index (χ1) is 11.1. The summed E-state index contributed by atoms with van der Waals surface area (Å²) < 4.78 is 5.36. The standard InChI is InChI=1S/C18H16N2O3/c1-10-15-9-12(3-5-16(15)20-19-10)11-2-4-14-13(8-11)6-7-23-17(14)18(21)22/h2-5,8-9,17H,6-7H2,1H3,(H,19,20)(H,21,22). The SMILES string of the molecule is Cc1[nH]nc2ccc(-c3ccc4c(c3)CCOC4C(=O)O)cc12. The van der Waals surface area contributed by atoms with Gasteiger partial charge in [0.05, 0.1) is 12.1 Å². The number of benzene rings is 2. The molecule has 2 heterocycles. The average molecular weight is 308 g/mol. The second kappa shape index (κ2) is 5.21. The zero-order valence-corrected chi connectivity index (χ0v) is 12.7. The van der Waals surface area contributed by atoms with E-state index in [1.165, 1.54) is 0 Å². The van der Waals surface area contributed by atoms with Crippen LogP contribution in [0.25, 0.3) is 22.0 Å². The Bertz CT molecular complexity index is 914. The number of aliphatic carboxylic acids is 1. The summed E-state index contributed by atoms with van der Waals surface area (Å²) in [6.07, 6.45) is -0.119. The molecule has 23 heavy (non-hydrogen) atoms. The van der Waals surface area contributed by atoms with Gasteiger partial charge in [-0.05, 0) is 47.7 Å². The second-order valence-corrected chi connectivity index (χ2v) is 5.83. The Balaban J connectivity index is 1.80. The first kappa shape index (κ1) is 14.0. The monoisotopic (exact) mass is 308 g/mol. The fourth-order valence-corrected chi connectivity index (χ4v) is 3.16. The Morgan fingerprint density at radius 2 is 2.04 bits per heavy atom. The van der Waals surface area contributed by atoms with Crippen LogP contribution in [0.2, 0.25) is 0 Å². The number of H-pyrrole nitrogens is 1. The summed E-state index contributed by atoms with van der Waals surface area (Å²) in [6.45, 7) is 2.44. The lowest BCUT2D eigenvalue weighted by Crippen LogP contribution is -2.23. The van der Waals surface area contributed by atoms with Crippen molar-refractivity contribution in [1.29, 1.82) is 0 Å². The summed E-state index contributed by atoms with van der Waals surface area (Å²) in [5.74, 6) is -0.936. The zero-order valence-electron chi connectivity index (χ0n) is 12.7. The smallest absolute Gasteiger partial charge is 0.337 e. The third kappa shape index (κ3) is 2.29. The van der Waals surface area contributed by atoms with Crippen molar-refractivity contribution in [1.82, 2.24) is 10.2 Å². The number of rotatable bonds is 2. The molecule has 0 aliphatic carbocycles. The highest BCUT2D eigenvalue weighted by molar-refractivity contribution is 5.86. The Hall–Kier alpha value is -2.66. The molecule has 1 aromatic heterocycles. The number of carbonyl (C=O) groups is 1. The number of ether oxygens (including phenoxy) is 1. The molecular formula is C18H16N2O3. The number of fused-ring (bicyclic) bond motifs is 2. The van der Waals surface area contributed by atoms with Crippen molar-refractivity contribution < 1.29 is 14.6 Å². The normalized spacial score (nSPS) is 17.2. The lowest BCUT2D eigenvalue weighted by atomic mass is 9.92. The van der Waals surface area contributed by atoms with Gasteiger partial charge in [-0.25, -0.2) is 4.79 Å². The second-order valence-electron chi connectivity index (χ2n) is 5.83. The molecule has 116 valence electrons. The van der Waals surface area contributed by atoms with E-state index in [1.54, 1.807) is 0 Å². The van der Waals surface area contributed by atoms with Crippen LogP contribution in [-0.2, 0) is 16.0 Å². The summed E-state index contributed by atoms with van der Waals surface area (Å²) in [4.78, 5) is 11.3. The topological polar surface area (TPSA) is 75.2 Å². The molecule has 0 spiro atoms. The summed E-state index contributed by atoms with van der Waals surface area (Å²) >= 11 is 0. The maximum atomic E-state index is 11.3. The largest absolute Gasteiger partial charge is 0.479 e.